The Balaban J connectivity index is 1.80. The summed E-state index contributed by atoms with van der Waals surface area (Å²) in [7, 11) is 0. The molecule has 2 aliphatic rings. The molecule has 0 spiro atoms. The Bertz CT molecular complexity index is 622. The summed E-state index contributed by atoms with van der Waals surface area (Å²) in [6, 6.07) is 2.54. The van der Waals surface area contributed by atoms with Crippen molar-refractivity contribution in [3.8, 4) is 0 Å². The zero-order valence-electron chi connectivity index (χ0n) is 11.1. The largest absolute Gasteiger partial charge is 0.292 e. The van der Waals surface area contributed by atoms with Gasteiger partial charge in [-0.3, -0.25) is 19.3 Å². The summed E-state index contributed by atoms with van der Waals surface area (Å²) in [5.74, 6) is -3.80. The molecule has 2 unspecified atom stereocenters. The maximum absolute atomic E-state index is 13.5. The molecule has 0 N–H and O–H groups in total. The van der Waals surface area contributed by atoms with Crippen LogP contribution < -0.4 is 0 Å². The summed E-state index contributed by atoms with van der Waals surface area (Å²) in [6.45, 7) is -0.523. The van der Waals surface area contributed by atoms with Gasteiger partial charge in [-0.05, 0) is 31.0 Å². The van der Waals surface area contributed by atoms with Gasteiger partial charge in [-0.25, -0.2) is 8.78 Å². The van der Waals surface area contributed by atoms with Crippen molar-refractivity contribution in [2.24, 2.45) is 11.8 Å². The number of fused-ring (bicyclic) bond motifs is 1. The van der Waals surface area contributed by atoms with Crippen LogP contribution in [0.15, 0.2) is 18.2 Å². The van der Waals surface area contributed by atoms with Gasteiger partial charge in [-0.15, -0.1) is 0 Å². The third-order valence-corrected chi connectivity index (χ3v) is 4.21. The number of likely N-dealkylation sites (tertiary alicyclic amines) is 1. The van der Waals surface area contributed by atoms with Crippen molar-refractivity contribution in [1.82, 2.24) is 4.90 Å². The van der Waals surface area contributed by atoms with E-state index in [9.17, 15) is 23.2 Å². The quantitative estimate of drug-likeness (QED) is 0.632. The molecule has 1 aromatic rings. The van der Waals surface area contributed by atoms with Gasteiger partial charge in [0.2, 0.25) is 11.8 Å². The third kappa shape index (κ3) is 2.24. The average Bonchev–Trinajstić information content (AvgIpc) is 3.01. The fourth-order valence-electron chi connectivity index (χ4n) is 3.16. The molecule has 2 amide bonds. The molecule has 1 aromatic carbocycles. The zero-order chi connectivity index (χ0) is 15.1. The Morgan fingerprint density at radius 1 is 1.14 bits per heavy atom. The van der Waals surface area contributed by atoms with Crippen molar-refractivity contribution < 1.29 is 23.2 Å². The topological polar surface area (TPSA) is 54.5 Å². The van der Waals surface area contributed by atoms with E-state index in [4.69, 9.17) is 0 Å². The highest BCUT2D eigenvalue weighted by molar-refractivity contribution is 6.10. The molecule has 1 aliphatic heterocycles. The van der Waals surface area contributed by atoms with Gasteiger partial charge in [0.1, 0.15) is 11.6 Å². The number of benzene rings is 1. The lowest BCUT2D eigenvalue weighted by molar-refractivity contribution is -0.139. The summed E-state index contributed by atoms with van der Waals surface area (Å²) in [5.41, 5.74) is -0.437. The van der Waals surface area contributed by atoms with Crippen molar-refractivity contribution in [3.63, 3.8) is 0 Å². The lowest BCUT2D eigenvalue weighted by Crippen LogP contribution is -2.36. The molecule has 1 heterocycles. The number of imide groups is 1. The van der Waals surface area contributed by atoms with Crippen molar-refractivity contribution in [1.29, 1.82) is 0 Å². The normalized spacial score (nSPS) is 24.6. The van der Waals surface area contributed by atoms with Crippen LogP contribution in [0.25, 0.3) is 0 Å². The second kappa shape index (κ2) is 5.02. The van der Waals surface area contributed by atoms with Crippen LogP contribution in [0.2, 0.25) is 0 Å². The second-order valence-corrected chi connectivity index (χ2v) is 5.45. The van der Waals surface area contributed by atoms with Gasteiger partial charge in [0, 0.05) is 0 Å². The minimum Gasteiger partial charge on any atom is -0.292 e. The first kappa shape index (κ1) is 13.9. The number of hydrogen-bond acceptors (Lipinski definition) is 3. The Morgan fingerprint density at radius 2 is 1.76 bits per heavy atom. The molecule has 2 fully saturated rings. The smallest absolute Gasteiger partial charge is 0.233 e. The van der Waals surface area contributed by atoms with E-state index in [1.54, 1.807) is 0 Å². The van der Waals surface area contributed by atoms with Crippen LogP contribution in [0.4, 0.5) is 8.78 Å². The highest BCUT2D eigenvalue weighted by Gasteiger charge is 2.50. The summed E-state index contributed by atoms with van der Waals surface area (Å²) in [6.07, 6.45) is 2.12. The van der Waals surface area contributed by atoms with E-state index in [0.29, 0.717) is 12.8 Å². The Labute approximate surface area is 119 Å². The van der Waals surface area contributed by atoms with Crippen LogP contribution in [0, 0.1) is 23.5 Å². The van der Waals surface area contributed by atoms with Crippen molar-refractivity contribution >= 4 is 17.6 Å². The molecule has 1 aliphatic carbocycles. The van der Waals surface area contributed by atoms with E-state index in [2.05, 4.69) is 0 Å². The Morgan fingerprint density at radius 3 is 2.38 bits per heavy atom. The number of Topliss-reactive ketones (excluding diaryl/α,β-unsaturated/α-hetero) is 1. The maximum atomic E-state index is 13.5. The minimum atomic E-state index is -0.860. The van der Waals surface area contributed by atoms with Crippen LogP contribution in [0.3, 0.4) is 0 Å². The fraction of sp³-hybridized carbons (Fsp3) is 0.400. The van der Waals surface area contributed by atoms with E-state index in [1.165, 1.54) is 0 Å². The Hall–Kier alpha value is -2.11. The summed E-state index contributed by atoms with van der Waals surface area (Å²) in [5, 5.41) is 0. The SMILES string of the molecule is O=C(CN1C(=O)C2CCCC2C1=O)c1cc(F)ccc1F. The van der Waals surface area contributed by atoms with E-state index >= 15 is 0 Å². The van der Waals surface area contributed by atoms with Gasteiger partial charge in [-0.2, -0.15) is 0 Å². The fourth-order valence-corrected chi connectivity index (χ4v) is 3.16. The van der Waals surface area contributed by atoms with Crippen LogP contribution in [-0.2, 0) is 9.59 Å². The highest BCUT2D eigenvalue weighted by atomic mass is 19.1. The molecule has 6 heteroatoms. The molecule has 2 atom stereocenters. The number of halogens is 2. The summed E-state index contributed by atoms with van der Waals surface area (Å²) < 4.78 is 26.6. The number of amides is 2. The molecule has 3 rings (SSSR count). The number of carbonyl (C=O) groups is 3. The van der Waals surface area contributed by atoms with Gasteiger partial charge < -0.3 is 0 Å². The van der Waals surface area contributed by atoms with Crippen LogP contribution in [-0.4, -0.2) is 29.0 Å². The van der Waals surface area contributed by atoms with Crippen LogP contribution in [0.5, 0.6) is 0 Å². The van der Waals surface area contributed by atoms with Gasteiger partial charge in [-0.1, -0.05) is 6.42 Å². The molecule has 0 bridgehead atoms. The van der Waals surface area contributed by atoms with Gasteiger partial charge in [0.15, 0.2) is 5.78 Å². The molecule has 110 valence electrons. The first-order valence-corrected chi connectivity index (χ1v) is 6.82. The molecule has 0 aromatic heterocycles. The maximum Gasteiger partial charge on any atom is 0.233 e. The zero-order valence-corrected chi connectivity index (χ0v) is 11.1. The predicted molar refractivity (Wildman–Crippen MR) is 68.2 cm³/mol. The van der Waals surface area contributed by atoms with Gasteiger partial charge >= 0.3 is 0 Å². The van der Waals surface area contributed by atoms with Crippen molar-refractivity contribution in [3.05, 3.63) is 35.4 Å². The van der Waals surface area contributed by atoms with E-state index < -0.39 is 29.5 Å². The molecular formula is C15H13F2NO3. The first-order valence-electron chi connectivity index (χ1n) is 6.82. The van der Waals surface area contributed by atoms with E-state index in [0.717, 1.165) is 29.5 Å². The number of hydrogen-bond donors (Lipinski definition) is 0. The van der Waals surface area contributed by atoms with E-state index in [-0.39, 0.29) is 23.7 Å². The molecule has 0 radical (unpaired) electrons. The number of rotatable bonds is 3. The lowest BCUT2D eigenvalue weighted by atomic mass is 10.00. The van der Waals surface area contributed by atoms with Gasteiger partial charge in [0.05, 0.1) is 23.9 Å². The molecular weight excluding hydrogens is 280 g/mol. The van der Waals surface area contributed by atoms with Crippen molar-refractivity contribution in [2.45, 2.75) is 19.3 Å². The van der Waals surface area contributed by atoms with Gasteiger partial charge in [0.25, 0.3) is 0 Å². The third-order valence-electron chi connectivity index (χ3n) is 4.21. The Kier molecular flexibility index (Phi) is 3.31. The average molecular weight is 293 g/mol. The molecule has 1 saturated heterocycles. The first-order chi connectivity index (χ1) is 9.99. The summed E-state index contributed by atoms with van der Waals surface area (Å²) >= 11 is 0. The van der Waals surface area contributed by atoms with E-state index in [1.807, 2.05) is 0 Å². The minimum absolute atomic E-state index is 0.345. The molecule has 21 heavy (non-hydrogen) atoms. The summed E-state index contributed by atoms with van der Waals surface area (Å²) in [4.78, 5) is 37.1. The highest BCUT2D eigenvalue weighted by Crippen LogP contribution is 2.39. The second-order valence-electron chi connectivity index (χ2n) is 5.45. The number of nitrogens with zero attached hydrogens (tertiary/aromatic N) is 1. The van der Waals surface area contributed by atoms with Crippen LogP contribution >= 0.6 is 0 Å². The number of carbonyl (C=O) groups excluding carboxylic acids is 3. The lowest BCUT2D eigenvalue weighted by Gasteiger charge is -2.15. The van der Waals surface area contributed by atoms with Crippen molar-refractivity contribution in [2.75, 3.05) is 6.54 Å². The number of ketones is 1. The monoisotopic (exact) mass is 293 g/mol. The predicted octanol–water partition coefficient (Wildman–Crippen LogP) is 1.93. The van der Waals surface area contributed by atoms with Crippen LogP contribution in [0.1, 0.15) is 29.6 Å². The standard InChI is InChI=1S/C15H13F2NO3/c16-8-4-5-12(17)11(6-8)13(19)7-18-14(20)9-2-1-3-10(9)15(18)21/h4-6,9-10H,1-3,7H2. The molecule has 1 saturated carbocycles. The molecule has 4 nitrogen and oxygen atoms in total.